The van der Waals surface area contributed by atoms with Crippen LogP contribution in [0.2, 0.25) is 0 Å². The second-order valence-electron chi connectivity index (χ2n) is 4.49. The van der Waals surface area contributed by atoms with Crippen molar-refractivity contribution in [3.63, 3.8) is 0 Å². The van der Waals surface area contributed by atoms with Gasteiger partial charge in [0, 0.05) is 6.54 Å². The number of carboxylic acid groups (broad SMARTS) is 1. The molecule has 1 aromatic carbocycles. The molecule has 2 N–H and O–H groups in total. The fourth-order valence-electron chi connectivity index (χ4n) is 1.48. The number of rotatable bonds is 6. The van der Waals surface area contributed by atoms with Gasteiger partial charge in [0.2, 0.25) is 0 Å². The summed E-state index contributed by atoms with van der Waals surface area (Å²) in [5.41, 5.74) is 0.907. The number of benzene rings is 1. The molecule has 0 aliphatic heterocycles. The van der Waals surface area contributed by atoms with Crippen LogP contribution in [0.1, 0.15) is 25.8 Å². The van der Waals surface area contributed by atoms with Gasteiger partial charge in [0.15, 0.2) is 0 Å². The lowest BCUT2D eigenvalue weighted by molar-refractivity contribution is -0.136. The SMILES string of the molecule is CC(C)CCNc1ccc(CC(=O)O)cc1F. The second-order valence-corrected chi connectivity index (χ2v) is 4.49. The first kappa shape index (κ1) is 13.5. The van der Waals surface area contributed by atoms with Crippen LogP contribution in [0.25, 0.3) is 0 Å². The van der Waals surface area contributed by atoms with E-state index in [1.807, 2.05) is 0 Å². The van der Waals surface area contributed by atoms with Gasteiger partial charge in [0.25, 0.3) is 0 Å². The van der Waals surface area contributed by atoms with Gasteiger partial charge < -0.3 is 10.4 Å². The van der Waals surface area contributed by atoms with E-state index in [9.17, 15) is 9.18 Å². The molecule has 0 fully saturated rings. The predicted molar refractivity (Wildman–Crippen MR) is 65.7 cm³/mol. The molecule has 0 aliphatic carbocycles. The zero-order chi connectivity index (χ0) is 12.8. The third kappa shape index (κ3) is 4.85. The van der Waals surface area contributed by atoms with Crippen molar-refractivity contribution >= 4 is 11.7 Å². The number of anilines is 1. The minimum atomic E-state index is -0.954. The highest BCUT2D eigenvalue weighted by molar-refractivity contribution is 5.70. The summed E-state index contributed by atoms with van der Waals surface area (Å²) >= 11 is 0. The standard InChI is InChI=1S/C13H18FNO2/c1-9(2)5-6-15-12-4-3-10(7-11(12)14)8-13(16)17/h3-4,7,9,15H,5-6,8H2,1-2H3,(H,16,17). The second kappa shape index (κ2) is 6.23. The van der Waals surface area contributed by atoms with Crippen molar-refractivity contribution in [3.05, 3.63) is 29.6 Å². The van der Waals surface area contributed by atoms with Crippen LogP contribution < -0.4 is 5.32 Å². The van der Waals surface area contributed by atoms with Crippen LogP contribution in [0.3, 0.4) is 0 Å². The van der Waals surface area contributed by atoms with E-state index < -0.39 is 11.8 Å². The molecule has 1 rings (SSSR count). The van der Waals surface area contributed by atoms with E-state index in [1.54, 1.807) is 12.1 Å². The molecule has 0 saturated heterocycles. The minimum absolute atomic E-state index is 0.150. The molecule has 0 amide bonds. The molecule has 4 heteroatoms. The van der Waals surface area contributed by atoms with Crippen LogP contribution in [-0.4, -0.2) is 17.6 Å². The fourth-order valence-corrected chi connectivity index (χ4v) is 1.48. The minimum Gasteiger partial charge on any atom is -0.481 e. The molecule has 0 heterocycles. The Labute approximate surface area is 101 Å². The topological polar surface area (TPSA) is 49.3 Å². The van der Waals surface area contributed by atoms with Crippen LogP contribution >= 0.6 is 0 Å². The maximum absolute atomic E-state index is 13.6. The lowest BCUT2D eigenvalue weighted by Crippen LogP contribution is -2.07. The summed E-state index contributed by atoms with van der Waals surface area (Å²) in [5, 5.41) is 11.6. The molecule has 0 saturated carbocycles. The average molecular weight is 239 g/mol. The first-order chi connectivity index (χ1) is 7.99. The maximum atomic E-state index is 13.6. The van der Waals surface area contributed by atoms with E-state index in [1.165, 1.54) is 6.07 Å². The van der Waals surface area contributed by atoms with E-state index in [4.69, 9.17) is 5.11 Å². The Morgan fingerprint density at radius 1 is 1.47 bits per heavy atom. The predicted octanol–water partition coefficient (Wildman–Crippen LogP) is 2.91. The van der Waals surface area contributed by atoms with Crippen molar-refractivity contribution < 1.29 is 14.3 Å². The highest BCUT2D eigenvalue weighted by Gasteiger charge is 2.06. The number of carbonyl (C=O) groups is 1. The number of aliphatic carboxylic acids is 1. The number of carboxylic acids is 1. The summed E-state index contributed by atoms with van der Waals surface area (Å²) in [4.78, 5) is 10.5. The molecule has 0 aliphatic rings. The summed E-state index contributed by atoms with van der Waals surface area (Å²) in [5.74, 6) is -0.783. The Hall–Kier alpha value is -1.58. The van der Waals surface area contributed by atoms with Gasteiger partial charge in [0.05, 0.1) is 12.1 Å². The van der Waals surface area contributed by atoms with Crippen molar-refractivity contribution in [2.45, 2.75) is 26.7 Å². The van der Waals surface area contributed by atoms with Gasteiger partial charge in [-0.1, -0.05) is 19.9 Å². The Balaban J connectivity index is 2.60. The van der Waals surface area contributed by atoms with Gasteiger partial charge >= 0.3 is 5.97 Å². The molecule has 0 radical (unpaired) electrons. The summed E-state index contributed by atoms with van der Waals surface area (Å²) < 4.78 is 13.6. The van der Waals surface area contributed by atoms with E-state index in [-0.39, 0.29) is 6.42 Å². The zero-order valence-electron chi connectivity index (χ0n) is 10.2. The summed E-state index contributed by atoms with van der Waals surface area (Å²) in [6, 6.07) is 4.49. The van der Waals surface area contributed by atoms with Crippen molar-refractivity contribution in [2.75, 3.05) is 11.9 Å². The Morgan fingerprint density at radius 3 is 2.71 bits per heavy atom. The highest BCUT2D eigenvalue weighted by atomic mass is 19.1. The molecular formula is C13H18FNO2. The van der Waals surface area contributed by atoms with E-state index in [0.29, 0.717) is 23.7 Å². The van der Waals surface area contributed by atoms with Gasteiger partial charge in [-0.25, -0.2) is 4.39 Å². The number of hydrogen-bond donors (Lipinski definition) is 2. The van der Waals surface area contributed by atoms with Gasteiger partial charge in [-0.2, -0.15) is 0 Å². The van der Waals surface area contributed by atoms with Crippen LogP contribution in [0.5, 0.6) is 0 Å². The van der Waals surface area contributed by atoms with Crippen molar-refractivity contribution in [2.24, 2.45) is 5.92 Å². The Morgan fingerprint density at radius 2 is 2.18 bits per heavy atom. The van der Waals surface area contributed by atoms with E-state index in [0.717, 1.165) is 6.42 Å². The smallest absolute Gasteiger partial charge is 0.307 e. The van der Waals surface area contributed by atoms with Crippen molar-refractivity contribution in [1.82, 2.24) is 0 Å². The molecule has 3 nitrogen and oxygen atoms in total. The summed E-state index contributed by atoms with van der Waals surface area (Å²) in [6.07, 6.45) is 0.819. The molecule has 0 aromatic heterocycles. The lowest BCUT2D eigenvalue weighted by Gasteiger charge is -2.10. The normalized spacial score (nSPS) is 10.6. The zero-order valence-corrected chi connectivity index (χ0v) is 10.2. The Kier molecular flexibility index (Phi) is 4.94. The molecule has 0 spiro atoms. The molecule has 0 atom stereocenters. The summed E-state index contributed by atoms with van der Waals surface area (Å²) in [6.45, 7) is 4.93. The van der Waals surface area contributed by atoms with E-state index in [2.05, 4.69) is 19.2 Å². The molecule has 94 valence electrons. The number of nitrogens with one attached hydrogen (secondary N) is 1. The molecular weight excluding hydrogens is 221 g/mol. The average Bonchev–Trinajstić information content (AvgIpc) is 2.20. The monoisotopic (exact) mass is 239 g/mol. The van der Waals surface area contributed by atoms with Crippen LogP contribution in [-0.2, 0) is 11.2 Å². The van der Waals surface area contributed by atoms with Crippen molar-refractivity contribution in [3.8, 4) is 0 Å². The van der Waals surface area contributed by atoms with Gasteiger partial charge in [-0.05, 0) is 30.0 Å². The quantitative estimate of drug-likeness (QED) is 0.802. The largest absolute Gasteiger partial charge is 0.481 e. The third-order valence-electron chi connectivity index (χ3n) is 2.43. The van der Waals surface area contributed by atoms with Gasteiger partial charge in [-0.3, -0.25) is 4.79 Å². The number of halogens is 1. The van der Waals surface area contributed by atoms with Crippen LogP contribution in [0.15, 0.2) is 18.2 Å². The third-order valence-corrected chi connectivity index (χ3v) is 2.43. The van der Waals surface area contributed by atoms with Crippen LogP contribution in [0, 0.1) is 11.7 Å². The van der Waals surface area contributed by atoms with Crippen LogP contribution in [0.4, 0.5) is 10.1 Å². The molecule has 0 unspecified atom stereocenters. The molecule has 1 aromatic rings. The van der Waals surface area contributed by atoms with Gasteiger partial charge in [0.1, 0.15) is 5.82 Å². The maximum Gasteiger partial charge on any atom is 0.307 e. The van der Waals surface area contributed by atoms with Crippen molar-refractivity contribution in [1.29, 1.82) is 0 Å². The molecule has 17 heavy (non-hydrogen) atoms. The summed E-state index contributed by atoms with van der Waals surface area (Å²) in [7, 11) is 0. The fraction of sp³-hybridized carbons (Fsp3) is 0.462. The Bertz CT molecular complexity index is 391. The lowest BCUT2D eigenvalue weighted by atomic mass is 10.1. The number of hydrogen-bond acceptors (Lipinski definition) is 2. The van der Waals surface area contributed by atoms with E-state index >= 15 is 0 Å². The first-order valence-corrected chi connectivity index (χ1v) is 5.73. The molecule has 0 bridgehead atoms. The van der Waals surface area contributed by atoms with Gasteiger partial charge in [-0.15, -0.1) is 0 Å². The first-order valence-electron chi connectivity index (χ1n) is 5.73. The highest BCUT2D eigenvalue weighted by Crippen LogP contribution is 2.16.